The molecule has 11 heteroatoms. The Morgan fingerprint density at radius 2 is 1.00 bits per heavy atom. The Bertz CT molecular complexity index is 890. The van der Waals surface area contributed by atoms with Gasteiger partial charge in [-0.05, 0) is 69.8 Å². The standard InChI is InChI=1S/C22H27N5O4S2/c1-5-24-17(28)15(18(29)25(6-2)21(24)32)14(13-9-11-23-12-10-13)16-19(30)26(7-3)22(33)27(8-4)20(16)31/h9-12,14-16H,5-8H2,1-4H3. The van der Waals surface area contributed by atoms with Crippen molar-refractivity contribution in [2.24, 2.45) is 11.8 Å². The lowest BCUT2D eigenvalue weighted by atomic mass is 9.73. The van der Waals surface area contributed by atoms with E-state index in [9.17, 15) is 19.2 Å². The van der Waals surface area contributed by atoms with E-state index in [2.05, 4.69) is 4.98 Å². The highest BCUT2D eigenvalue weighted by Gasteiger charge is 2.55. The molecule has 1 aromatic rings. The second-order valence-electron chi connectivity index (χ2n) is 7.66. The van der Waals surface area contributed by atoms with Crippen molar-refractivity contribution in [1.82, 2.24) is 24.6 Å². The number of carbonyl (C=O) groups excluding carboxylic acids is 4. The van der Waals surface area contributed by atoms with Gasteiger partial charge in [-0.1, -0.05) is 0 Å². The summed E-state index contributed by atoms with van der Waals surface area (Å²) in [6, 6.07) is 3.26. The molecular weight excluding hydrogens is 462 g/mol. The van der Waals surface area contributed by atoms with Gasteiger partial charge < -0.3 is 0 Å². The third-order valence-corrected chi connectivity index (χ3v) is 7.01. The van der Waals surface area contributed by atoms with Crippen LogP contribution >= 0.6 is 24.4 Å². The van der Waals surface area contributed by atoms with E-state index in [0.717, 1.165) is 0 Å². The van der Waals surface area contributed by atoms with Crippen LogP contribution < -0.4 is 0 Å². The van der Waals surface area contributed by atoms with E-state index < -0.39 is 41.4 Å². The molecule has 4 amide bonds. The van der Waals surface area contributed by atoms with Gasteiger partial charge in [0.1, 0.15) is 11.8 Å². The van der Waals surface area contributed by atoms with Crippen molar-refractivity contribution in [2.45, 2.75) is 33.6 Å². The summed E-state index contributed by atoms with van der Waals surface area (Å²) in [6.45, 7) is 8.11. The first-order valence-electron chi connectivity index (χ1n) is 11.0. The van der Waals surface area contributed by atoms with E-state index in [0.29, 0.717) is 5.56 Å². The molecule has 0 atom stereocenters. The van der Waals surface area contributed by atoms with E-state index in [-0.39, 0.29) is 36.4 Å². The minimum atomic E-state index is -1.29. The van der Waals surface area contributed by atoms with Gasteiger partial charge in [-0.15, -0.1) is 0 Å². The van der Waals surface area contributed by atoms with E-state index in [4.69, 9.17) is 24.4 Å². The molecule has 3 rings (SSSR count). The Balaban J connectivity index is 2.22. The highest BCUT2D eigenvalue weighted by molar-refractivity contribution is 7.80. The summed E-state index contributed by atoms with van der Waals surface area (Å²) in [7, 11) is 0. The molecule has 2 aliphatic rings. The fourth-order valence-corrected chi connectivity index (χ4v) is 5.37. The summed E-state index contributed by atoms with van der Waals surface area (Å²) in [6.07, 6.45) is 3.02. The lowest BCUT2D eigenvalue weighted by Crippen LogP contribution is -2.65. The van der Waals surface area contributed by atoms with Crippen LogP contribution in [-0.2, 0) is 19.2 Å². The molecule has 0 spiro atoms. The van der Waals surface area contributed by atoms with Gasteiger partial charge in [0.05, 0.1) is 0 Å². The molecule has 0 aromatic carbocycles. The molecule has 3 heterocycles. The van der Waals surface area contributed by atoms with Crippen LogP contribution in [0.4, 0.5) is 0 Å². The maximum Gasteiger partial charge on any atom is 0.242 e. The Hall–Kier alpha value is -2.79. The van der Waals surface area contributed by atoms with E-state index >= 15 is 0 Å². The number of carbonyl (C=O) groups is 4. The van der Waals surface area contributed by atoms with E-state index in [1.807, 2.05) is 0 Å². The van der Waals surface area contributed by atoms with Crippen LogP contribution in [0.3, 0.4) is 0 Å². The van der Waals surface area contributed by atoms with Crippen molar-refractivity contribution in [3.05, 3.63) is 30.1 Å². The molecule has 0 saturated carbocycles. The third-order valence-electron chi connectivity index (χ3n) is 6.13. The maximum atomic E-state index is 13.6. The molecule has 2 aliphatic heterocycles. The van der Waals surface area contributed by atoms with Crippen molar-refractivity contribution in [3.8, 4) is 0 Å². The topological polar surface area (TPSA) is 94.1 Å². The minimum Gasteiger partial charge on any atom is -0.288 e. The number of hydrogen-bond donors (Lipinski definition) is 0. The van der Waals surface area contributed by atoms with Crippen molar-refractivity contribution in [3.63, 3.8) is 0 Å². The maximum absolute atomic E-state index is 13.6. The molecule has 176 valence electrons. The van der Waals surface area contributed by atoms with Gasteiger partial charge in [0.15, 0.2) is 10.2 Å². The molecule has 1 aromatic heterocycles. The largest absolute Gasteiger partial charge is 0.288 e. The first kappa shape index (κ1) is 24.8. The fraction of sp³-hybridized carbons (Fsp3) is 0.500. The Morgan fingerprint density at radius 1 is 0.697 bits per heavy atom. The van der Waals surface area contributed by atoms with Gasteiger partial charge in [0, 0.05) is 44.5 Å². The zero-order valence-corrected chi connectivity index (χ0v) is 20.7. The summed E-state index contributed by atoms with van der Waals surface area (Å²) in [5.74, 6) is -5.68. The molecule has 0 aliphatic carbocycles. The zero-order chi connectivity index (χ0) is 24.4. The normalized spacial score (nSPS) is 18.9. The quantitative estimate of drug-likeness (QED) is 0.422. The lowest BCUT2D eigenvalue weighted by molar-refractivity contribution is -0.153. The Kier molecular flexibility index (Phi) is 7.53. The Labute approximate surface area is 203 Å². The van der Waals surface area contributed by atoms with Gasteiger partial charge in [-0.25, -0.2) is 0 Å². The highest BCUT2D eigenvalue weighted by atomic mass is 32.1. The minimum absolute atomic E-state index is 0.132. The summed E-state index contributed by atoms with van der Waals surface area (Å²) in [5.41, 5.74) is 0.503. The van der Waals surface area contributed by atoms with Crippen LogP contribution in [0.1, 0.15) is 39.2 Å². The molecule has 0 radical (unpaired) electrons. The fourth-order valence-electron chi connectivity index (χ4n) is 4.49. The third kappa shape index (κ3) is 4.04. The van der Waals surface area contributed by atoms with Crippen LogP contribution in [0.5, 0.6) is 0 Å². The number of rotatable bonds is 7. The molecular formula is C22H27N5O4S2. The second-order valence-corrected chi connectivity index (χ2v) is 8.39. The van der Waals surface area contributed by atoms with Gasteiger partial charge in [-0.2, -0.15) is 0 Å². The van der Waals surface area contributed by atoms with E-state index in [1.165, 1.54) is 32.0 Å². The SMILES string of the molecule is CCN1C(=O)C(C(c2ccncc2)C2C(=O)N(CC)C(=S)N(CC)C2=O)C(=O)N(CC)C1=S. The van der Waals surface area contributed by atoms with Crippen LogP contribution in [0, 0.1) is 11.8 Å². The number of hydrogen-bond acceptors (Lipinski definition) is 7. The molecule has 9 nitrogen and oxygen atoms in total. The van der Waals surface area contributed by atoms with Crippen molar-refractivity contribution in [2.75, 3.05) is 26.2 Å². The monoisotopic (exact) mass is 489 g/mol. The van der Waals surface area contributed by atoms with Crippen molar-refractivity contribution < 1.29 is 19.2 Å². The average Bonchev–Trinajstić information content (AvgIpc) is 2.79. The molecule has 0 unspecified atom stereocenters. The summed E-state index contributed by atoms with van der Waals surface area (Å²) >= 11 is 10.8. The number of thiocarbonyl (C=S) groups is 2. The summed E-state index contributed by atoms with van der Waals surface area (Å²) < 4.78 is 0. The molecule has 0 bridgehead atoms. The molecule has 33 heavy (non-hydrogen) atoms. The van der Waals surface area contributed by atoms with Gasteiger partial charge in [-0.3, -0.25) is 43.8 Å². The first-order chi connectivity index (χ1) is 15.7. The number of pyridine rings is 1. The van der Waals surface area contributed by atoms with Gasteiger partial charge >= 0.3 is 0 Å². The predicted molar refractivity (Wildman–Crippen MR) is 129 cm³/mol. The van der Waals surface area contributed by atoms with Gasteiger partial charge in [0.2, 0.25) is 23.6 Å². The Morgan fingerprint density at radius 3 is 1.27 bits per heavy atom. The molecule has 0 N–H and O–H groups in total. The van der Waals surface area contributed by atoms with E-state index in [1.54, 1.807) is 39.8 Å². The van der Waals surface area contributed by atoms with Crippen LogP contribution in [0.25, 0.3) is 0 Å². The highest BCUT2D eigenvalue weighted by Crippen LogP contribution is 2.40. The average molecular weight is 490 g/mol. The lowest BCUT2D eigenvalue weighted by Gasteiger charge is -2.45. The van der Waals surface area contributed by atoms with Crippen molar-refractivity contribution in [1.29, 1.82) is 0 Å². The predicted octanol–water partition coefficient (Wildman–Crippen LogP) is 1.39. The molecule has 2 fully saturated rings. The number of nitrogens with zero attached hydrogens (tertiary/aromatic N) is 5. The van der Waals surface area contributed by atoms with Crippen LogP contribution in [0.15, 0.2) is 24.5 Å². The zero-order valence-electron chi connectivity index (χ0n) is 19.1. The molecule has 2 saturated heterocycles. The van der Waals surface area contributed by atoms with Crippen LogP contribution in [0.2, 0.25) is 0 Å². The first-order valence-corrected chi connectivity index (χ1v) is 11.8. The van der Waals surface area contributed by atoms with Gasteiger partial charge in [0.25, 0.3) is 0 Å². The number of amides is 4. The second kappa shape index (κ2) is 10.0. The van der Waals surface area contributed by atoms with Crippen LogP contribution in [-0.4, -0.2) is 84.6 Å². The number of aromatic nitrogens is 1. The van der Waals surface area contributed by atoms with Crippen molar-refractivity contribution >= 4 is 58.3 Å². The summed E-state index contributed by atoms with van der Waals surface area (Å²) in [4.78, 5) is 63.8. The summed E-state index contributed by atoms with van der Waals surface area (Å²) in [5, 5.41) is 0.264. The smallest absolute Gasteiger partial charge is 0.242 e.